The Morgan fingerprint density at radius 2 is 2.10 bits per heavy atom. The maximum absolute atomic E-state index is 12.9. The van der Waals surface area contributed by atoms with Gasteiger partial charge in [-0.1, -0.05) is 27.2 Å². The van der Waals surface area contributed by atoms with Crippen molar-refractivity contribution in [2.75, 3.05) is 20.1 Å². The Morgan fingerprint density at radius 1 is 1.38 bits per heavy atom. The van der Waals surface area contributed by atoms with Gasteiger partial charge in [0.2, 0.25) is 5.91 Å². The number of nitrogens with zero attached hydrogens (tertiary/aromatic N) is 2. The highest BCUT2D eigenvalue weighted by atomic mass is 16.2. The molecule has 4 nitrogen and oxygen atoms in total. The number of carbonyl (C=O) groups is 1. The van der Waals surface area contributed by atoms with E-state index in [0.29, 0.717) is 17.9 Å². The molecule has 0 aliphatic carbocycles. The molecule has 0 radical (unpaired) electrons. The highest BCUT2D eigenvalue weighted by Gasteiger charge is 2.47. The van der Waals surface area contributed by atoms with Crippen LogP contribution in [0.2, 0.25) is 0 Å². The zero-order chi connectivity index (χ0) is 15.6. The first-order valence-electron chi connectivity index (χ1n) is 8.66. The van der Waals surface area contributed by atoms with Crippen molar-refractivity contribution in [3.8, 4) is 0 Å². The first kappa shape index (κ1) is 16.8. The second kappa shape index (κ2) is 6.66. The lowest BCUT2D eigenvalue weighted by atomic mass is 9.98. The summed E-state index contributed by atoms with van der Waals surface area (Å²) in [6.07, 6.45) is 5.91. The van der Waals surface area contributed by atoms with Gasteiger partial charge < -0.3 is 9.80 Å². The SMILES string of the molecule is CCC1(C)NC(CC(C)C)N(CC2CCCCN2C)C1=O. The highest BCUT2D eigenvalue weighted by molar-refractivity contribution is 5.88. The summed E-state index contributed by atoms with van der Waals surface area (Å²) in [7, 11) is 2.20. The van der Waals surface area contributed by atoms with Crippen LogP contribution in [0.15, 0.2) is 0 Å². The third-order valence-electron chi connectivity index (χ3n) is 5.33. The van der Waals surface area contributed by atoms with Gasteiger partial charge in [-0.15, -0.1) is 0 Å². The summed E-state index contributed by atoms with van der Waals surface area (Å²) in [4.78, 5) is 17.4. The minimum absolute atomic E-state index is 0.206. The van der Waals surface area contributed by atoms with Crippen LogP contribution in [0.3, 0.4) is 0 Å². The van der Waals surface area contributed by atoms with Crippen molar-refractivity contribution < 1.29 is 4.79 Å². The summed E-state index contributed by atoms with van der Waals surface area (Å²) in [6.45, 7) is 10.7. The van der Waals surface area contributed by atoms with Crippen LogP contribution in [-0.2, 0) is 4.79 Å². The standard InChI is InChI=1S/C17H33N3O/c1-6-17(4)16(21)20(15(18-17)11-13(2)3)12-14-9-7-8-10-19(14)5/h13-15,18H,6-12H2,1-5H3. The second-order valence-corrected chi connectivity index (χ2v) is 7.56. The summed E-state index contributed by atoms with van der Waals surface area (Å²) in [5.74, 6) is 0.899. The van der Waals surface area contributed by atoms with Gasteiger partial charge in [0.25, 0.3) is 0 Å². The molecule has 0 bridgehead atoms. The summed E-state index contributed by atoms with van der Waals surface area (Å²) in [5.41, 5.74) is -0.368. The third kappa shape index (κ3) is 3.59. The van der Waals surface area contributed by atoms with E-state index in [0.717, 1.165) is 19.4 Å². The predicted molar refractivity (Wildman–Crippen MR) is 87.1 cm³/mol. The number of rotatable bonds is 5. The molecule has 122 valence electrons. The van der Waals surface area contributed by atoms with E-state index in [2.05, 4.69) is 49.9 Å². The Labute approximate surface area is 130 Å². The molecule has 0 saturated carbocycles. The number of likely N-dealkylation sites (N-methyl/N-ethyl adjacent to an activating group) is 1. The average Bonchev–Trinajstić information content (AvgIpc) is 2.66. The van der Waals surface area contributed by atoms with Crippen LogP contribution in [0.1, 0.15) is 59.8 Å². The van der Waals surface area contributed by atoms with Crippen LogP contribution >= 0.6 is 0 Å². The van der Waals surface area contributed by atoms with Crippen molar-refractivity contribution in [1.82, 2.24) is 15.1 Å². The Balaban J connectivity index is 2.10. The normalized spacial score (nSPS) is 35.0. The fourth-order valence-electron chi connectivity index (χ4n) is 3.66. The van der Waals surface area contributed by atoms with Crippen LogP contribution in [0.4, 0.5) is 0 Å². The first-order chi connectivity index (χ1) is 9.87. The largest absolute Gasteiger partial charge is 0.324 e. The first-order valence-corrected chi connectivity index (χ1v) is 8.66. The minimum atomic E-state index is -0.368. The van der Waals surface area contributed by atoms with Crippen LogP contribution < -0.4 is 5.32 Å². The smallest absolute Gasteiger partial charge is 0.243 e. The van der Waals surface area contributed by atoms with Gasteiger partial charge in [-0.25, -0.2) is 0 Å². The lowest BCUT2D eigenvalue weighted by Crippen LogP contribution is -2.49. The lowest BCUT2D eigenvalue weighted by Gasteiger charge is -2.37. The molecule has 2 rings (SSSR count). The molecule has 0 aromatic carbocycles. The molecule has 2 fully saturated rings. The van der Waals surface area contributed by atoms with Crippen LogP contribution in [0.5, 0.6) is 0 Å². The summed E-state index contributed by atoms with van der Waals surface area (Å²) in [6, 6.07) is 0.526. The minimum Gasteiger partial charge on any atom is -0.324 e. The van der Waals surface area contributed by atoms with E-state index < -0.39 is 0 Å². The molecule has 0 spiro atoms. The molecular formula is C17H33N3O. The molecule has 3 atom stereocenters. The number of carbonyl (C=O) groups excluding carboxylic acids is 1. The van der Waals surface area contributed by atoms with Crippen molar-refractivity contribution in [3.05, 3.63) is 0 Å². The van der Waals surface area contributed by atoms with E-state index >= 15 is 0 Å². The lowest BCUT2D eigenvalue weighted by molar-refractivity contribution is -0.134. The number of hydrogen-bond donors (Lipinski definition) is 1. The van der Waals surface area contributed by atoms with E-state index in [-0.39, 0.29) is 11.7 Å². The van der Waals surface area contributed by atoms with Crippen molar-refractivity contribution in [2.45, 2.75) is 77.5 Å². The molecule has 3 unspecified atom stereocenters. The number of hydrogen-bond acceptors (Lipinski definition) is 3. The molecule has 0 aromatic rings. The van der Waals surface area contributed by atoms with Gasteiger partial charge in [-0.05, 0) is 52.1 Å². The fraction of sp³-hybridized carbons (Fsp3) is 0.941. The quantitative estimate of drug-likeness (QED) is 0.846. The molecule has 0 aromatic heterocycles. The van der Waals surface area contributed by atoms with E-state index in [1.165, 1.54) is 25.8 Å². The maximum atomic E-state index is 12.9. The van der Waals surface area contributed by atoms with Crippen LogP contribution in [0.25, 0.3) is 0 Å². The number of likely N-dealkylation sites (tertiary alicyclic amines) is 1. The number of nitrogens with one attached hydrogen (secondary N) is 1. The molecule has 2 aliphatic heterocycles. The summed E-state index contributed by atoms with van der Waals surface area (Å²) < 4.78 is 0. The fourth-order valence-corrected chi connectivity index (χ4v) is 3.66. The van der Waals surface area contributed by atoms with Gasteiger partial charge in [0.15, 0.2) is 0 Å². The zero-order valence-corrected chi connectivity index (χ0v) is 14.5. The predicted octanol–water partition coefficient (Wildman–Crippen LogP) is 2.44. The highest BCUT2D eigenvalue weighted by Crippen LogP contribution is 2.28. The topological polar surface area (TPSA) is 35.6 Å². The van der Waals surface area contributed by atoms with Gasteiger partial charge in [0.1, 0.15) is 0 Å². The van der Waals surface area contributed by atoms with Crippen LogP contribution in [0, 0.1) is 5.92 Å². The van der Waals surface area contributed by atoms with Crippen molar-refractivity contribution in [2.24, 2.45) is 5.92 Å². The Hall–Kier alpha value is -0.610. The van der Waals surface area contributed by atoms with E-state index in [9.17, 15) is 4.79 Å². The molecule has 2 saturated heterocycles. The average molecular weight is 295 g/mol. The number of amides is 1. The van der Waals surface area contributed by atoms with Gasteiger partial charge >= 0.3 is 0 Å². The summed E-state index contributed by atoms with van der Waals surface area (Å²) >= 11 is 0. The monoisotopic (exact) mass is 295 g/mol. The Bertz CT molecular complexity index is 371. The number of piperidine rings is 1. The molecule has 4 heteroatoms. The van der Waals surface area contributed by atoms with Gasteiger partial charge in [0, 0.05) is 12.6 Å². The molecule has 1 N–H and O–H groups in total. The van der Waals surface area contributed by atoms with Crippen molar-refractivity contribution >= 4 is 5.91 Å². The molecule has 2 aliphatic rings. The summed E-state index contributed by atoms with van der Waals surface area (Å²) in [5, 5.41) is 3.61. The molecular weight excluding hydrogens is 262 g/mol. The molecule has 1 amide bonds. The maximum Gasteiger partial charge on any atom is 0.243 e. The van der Waals surface area contributed by atoms with E-state index in [4.69, 9.17) is 0 Å². The van der Waals surface area contributed by atoms with Gasteiger partial charge in [0.05, 0.1) is 11.7 Å². The zero-order valence-electron chi connectivity index (χ0n) is 14.5. The second-order valence-electron chi connectivity index (χ2n) is 7.56. The van der Waals surface area contributed by atoms with Crippen molar-refractivity contribution in [3.63, 3.8) is 0 Å². The molecule has 21 heavy (non-hydrogen) atoms. The third-order valence-corrected chi connectivity index (χ3v) is 5.33. The van der Waals surface area contributed by atoms with E-state index in [1.54, 1.807) is 0 Å². The van der Waals surface area contributed by atoms with Gasteiger partial charge in [-0.3, -0.25) is 10.1 Å². The van der Waals surface area contributed by atoms with E-state index in [1.807, 2.05) is 0 Å². The van der Waals surface area contributed by atoms with Crippen LogP contribution in [-0.4, -0.2) is 53.6 Å². The van der Waals surface area contributed by atoms with Crippen molar-refractivity contribution in [1.29, 1.82) is 0 Å². The Morgan fingerprint density at radius 3 is 2.67 bits per heavy atom. The van der Waals surface area contributed by atoms with Gasteiger partial charge in [-0.2, -0.15) is 0 Å². The molecule has 2 heterocycles. The Kier molecular flexibility index (Phi) is 5.31.